The molecule has 0 saturated carbocycles. The van der Waals surface area contributed by atoms with Crippen molar-refractivity contribution in [1.82, 2.24) is 14.7 Å². The summed E-state index contributed by atoms with van der Waals surface area (Å²) in [6, 6.07) is 7.43. The normalized spacial score (nSPS) is 10.6. The molecule has 106 valence electrons. The highest BCUT2D eigenvalue weighted by atomic mass is 79.9. The minimum Gasteiger partial charge on any atom is -0.336 e. The van der Waals surface area contributed by atoms with Gasteiger partial charge >= 0.3 is 0 Å². The second kappa shape index (κ2) is 6.54. The zero-order chi connectivity index (χ0) is 14.7. The number of carbonyl (C=O) groups is 1. The van der Waals surface area contributed by atoms with Crippen LogP contribution in [0.5, 0.6) is 0 Å². The third-order valence-electron chi connectivity index (χ3n) is 3.04. The number of rotatable bonds is 4. The van der Waals surface area contributed by atoms with Crippen molar-refractivity contribution in [2.75, 3.05) is 7.05 Å². The molecule has 0 unspecified atom stereocenters. The van der Waals surface area contributed by atoms with Crippen LogP contribution >= 0.6 is 31.9 Å². The number of aryl methyl sites for hydroxylation is 1. The van der Waals surface area contributed by atoms with Gasteiger partial charge in [0, 0.05) is 18.1 Å². The number of hydrogen-bond acceptors (Lipinski definition) is 2. The van der Waals surface area contributed by atoms with Crippen molar-refractivity contribution in [1.29, 1.82) is 0 Å². The standard InChI is InChI=1S/C14H15Br2N3O/c1-3-19-13(12(16)8-17-19)9-18(2)14(20)10-6-4-5-7-11(10)15/h4-8H,3,9H2,1-2H3. The lowest BCUT2D eigenvalue weighted by Gasteiger charge is -2.19. The van der Waals surface area contributed by atoms with Crippen LogP contribution in [0.25, 0.3) is 0 Å². The maximum Gasteiger partial charge on any atom is 0.255 e. The van der Waals surface area contributed by atoms with E-state index < -0.39 is 0 Å². The predicted octanol–water partition coefficient (Wildman–Crippen LogP) is 3.70. The van der Waals surface area contributed by atoms with E-state index >= 15 is 0 Å². The molecule has 0 saturated heterocycles. The van der Waals surface area contributed by atoms with Crippen LogP contribution in [0.4, 0.5) is 0 Å². The molecule has 1 aromatic heterocycles. The number of carbonyl (C=O) groups excluding carboxylic acids is 1. The van der Waals surface area contributed by atoms with Gasteiger partial charge in [-0.15, -0.1) is 0 Å². The molecule has 1 amide bonds. The zero-order valence-electron chi connectivity index (χ0n) is 11.3. The maximum absolute atomic E-state index is 12.5. The summed E-state index contributed by atoms with van der Waals surface area (Å²) < 4.78 is 3.61. The second-order valence-corrected chi connectivity index (χ2v) is 6.10. The molecular formula is C14H15Br2N3O. The van der Waals surface area contributed by atoms with Crippen LogP contribution in [-0.2, 0) is 13.1 Å². The molecule has 0 fully saturated rings. The van der Waals surface area contributed by atoms with Crippen LogP contribution in [0.1, 0.15) is 23.0 Å². The minimum absolute atomic E-state index is 0.0202. The summed E-state index contributed by atoms with van der Waals surface area (Å²) in [5.74, 6) is -0.0202. The highest BCUT2D eigenvalue weighted by Gasteiger charge is 2.17. The Kier molecular flexibility index (Phi) is 4.99. The van der Waals surface area contributed by atoms with Gasteiger partial charge in [0.15, 0.2) is 0 Å². The monoisotopic (exact) mass is 399 g/mol. The number of hydrogen-bond donors (Lipinski definition) is 0. The Hall–Kier alpha value is -1.14. The molecule has 0 spiro atoms. The third kappa shape index (κ3) is 3.12. The summed E-state index contributed by atoms with van der Waals surface area (Å²) in [4.78, 5) is 14.1. The molecule has 6 heteroatoms. The van der Waals surface area contributed by atoms with Crippen molar-refractivity contribution < 1.29 is 4.79 Å². The van der Waals surface area contributed by atoms with E-state index in [1.165, 1.54) is 0 Å². The molecule has 1 heterocycles. The second-order valence-electron chi connectivity index (χ2n) is 4.40. The Morgan fingerprint density at radius 3 is 2.65 bits per heavy atom. The number of nitrogens with zero attached hydrogens (tertiary/aromatic N) is 3. The Labute approximate surface area is 135 Å². The highest BCUT2D eigenvalue weighted by molar-refractivity contribution is 9.10. The van der Waals surface area contributed by atoms with Crippen LogP contribution in [-0.4, -0.2) is 27.6 Å². The summed E-state index contributed by atoms with van der Waals surface area (Å²) in [5.41, 5.74) is 1.66. The first kappa shape index (κ1) is 15.3. The first-order valence-corrected chi connectivity index (χ1v) is 7.83. The van der Waals surface area contributed by atoms with E-state index in [9.17, 15) is 4.79 Å². The van der Waals surface area contributed by atoms with Gasteiger partial charge in [-0.25, -0.2) is 0 Å². The summed E-state index contributed by atoms with van der Waals surface area (Å²) in [7, 11) is 1.79. The molecule has 4 nitrogen and oxygen atoms in total. The molecule has 0 radical (unpaired) electrons. The summed E-state index contributed by atoms with van der Waals surface area (Å²) in [6.07, 6.45) is 1.76. The average molecular weight is 401 g/mol. The van der Waals surface area contributed by atoms with Crippen molar-refractivity contribution in [2.24, 2.45) is 0 Å². The van der Waals surface area contributed by atoms with Gasteiger partial charge < -0.3 is 4.90 Å². The fraction of sp³-hybridized carbons (Fsp3) is 0.286. The van der Waals surface area contributed by atoms with E-state index in [-0.39, 0.29) is 5.91 Å². The van der Waals surface area contributed by atoms with Gasteiger partial charge in [0.2, 0.25) is 0 Å². The molecule has 0 N–H and O–H groups in total. The Balaban J connectivity index is 2.20. The van der Waals surface area contributed by atoms with Gasteiger partial charge in [-0.3, -0.25) is 9.48 Å². The fourth-order valence-corrected chi connectivity index (χ4v) is 2.83. The fourth-order valence-electron chi connectivity index (χ4n) is 1.95. The smallest absolute Gasteiger partial charge is 0.255 e. The van der Waals surface area contributed by atoms with Crippen molar-refractivity contribution >= 4 is 37.8 Å². The van der Waals surface area contributed by atoms with Gasteiger partial charge in [0.05, 0.1) is 28.5 Å². The highest BCUT2D eigenvalue weighted by Crippen LogP contribution is 2.21. The molecule has 2 rings (SSSR count). The van der Waals surface area contributed by atoms with Crippen LogP contribution in [0.3, 0.4) is 0 Å². The molecule has 0 atom stereocenters. The van der Waals surface area contributed by atoms with Crippen molar-refractivity contribution in [2.45, 2.75) is 20.0 Å². The first-order valence-electron chi connectivity index (χ1n) is 6.24. The third-order valence-corrected chi connectivity index (χ3v) is 4.39. The van der Waals surface area contributed by atoms with Gasteiger partial charge in [0.25, 0.3) is 5.91 Å². The lowest BCUT2D eigenvalue weighted by atomic mass is 10.2. The molecule has 0 aliphatic rings. The number of aromatic nitrogens is 2. The lowest BCUT2D eigenvalue weighted by Crippen LogP contribution is -2.28. The van der Waals surface area contributed by atoms with E-state index in [4.69, 9.17) is 0 Å². The summed E-state index contributed by atoms with van der Waals surface area (Å²) in [6.45, 7) is 3.31. The molecule has 0 bridgehead atoms. The van der Waals surface area contributed by atoms with Crippen LogP contribution < -0.4 is 0 Å². The van der Waals surface area contributed by atoms with Gasteiger partial charge in [-0.2, -0.15) is 5.10 Å². The molecule has 1 aromatic carbocycles. The first-order chi connectivity index (χ1) is 9.54. The lowest BCUT2D eigenvalue weighted by molar-refractivity contribution is 0.0780. The Morgan fingerprint density at radius 1 is 1.30 bits per heavy atom. The molecule has 0 aliphatic heterocycles. The van der Waals surface area contributed by atoms with E-state index in [0.717, 1.165) is 21.2 Å². The number of benzene rings is 1. The van der Waals surface area contributed by atoms with Crippen molar-refractivity contribution in [3.63, 3.8) is 0 Å². The predicted molar refractivity (Wildman–Crippen MR) is 85.5 cm³/mol. The van der Waals surface area contributed by atoms with Crippen molar-refractivity contribution in [3.05, 3.63) is 50.7 Å². The molecule has 20 heavy (non-hydrogen) atoms. The summed E-state index contributed by atoms with van der Waals surface area (Å²) >= 11 is 6.89. The SMILES string of the molecule is CCn1ncc(Br)c1CN(C)C(=O)c1ccccc1Br. The minimum atomic E-state index is -0.0202. The van der Waals surface area contributed by atoms with E-state index in [1.54, 1.807) is 18.1 Å². The van der Waals surface area contributed by atoms with E-state index in [0.29, 0.717) is 12.1 Å². The van der Waals surface area contributed by atoms with Crippen LogP contribution in [0.2, 0.25) is 0 Å². The van der Waals surface area contributed by atoms with Crippen molar-refractivity contribution in [3.8, 4) is 0 Å². The van der Waals surface area contributed by atoms with Gasteiger partial charge in [-0.05, 0) is 50.9 Å². The Morgan fingerprint density at radius 2 is 2.00 bits per heavy atom. The van der Waals surface area contributed by atoms with Crippen LogP contribution in [0.15, 0.2) is 39.4 Å². The molecule has 0 aliphatic carbocycles. The summed E-state index contributed by atoms with van der Waals surface area (Å²) in [5, 5.41) is 4.26. The van der Waals surface area contributed by atoms with Gasteiger partial charge in [-0.1, -0.05) is 12.1 Å². The Bertz CT molecular complexity index is 625. The maximum atomic E-state index is 12.5. The topological polar surface area (TPSA) is 38.1 Å². The van der Waals surface area contributed by atoms with Gasteiger partial charge in [0.1, 0.15) is 0 Å². The number of amides is 1. The van der Waals surface area contributed by atoms with E-state index in [1.807, 2.05) is 35.9 Å². The van der Waals surface area contributed by atoms with E-state index in [2.05, 4.69) is 37.0 Å². The largest absolute Gasteiger partial charge is 0.336 e. The average Bonchev–Trinajstić information content (AvgIpc) is 2.79. The van der Waals surface area contributed by atoms with Crippen LogP contribution in [0, 0.1) is 0 Å². The zero-order valence-corrected chi connectivity index (χ0v) is 14.5. The molecule has 2 aromatic rings. The molecular weight excluding hydrogens is 386 g/mol. The number of halogens is 2. The quantitative estimate of drug-likeness (QED) is 0.784.